The number of nitrogens with one attached hydrogen (secondary N) is 3. The molecule has 1 saturated carbocycles. The Morgan fingerprint density at radius 2 is 1.68 bits per heavy atom. The number of alkyl halides is 3. The number of hydrogen-bond acceptors (Lipinski definition) is 6. The molecule has 2 aromatic heterocycles. The summed E-state index contributed by atoms with van der Waals surface area (Å²) >= 11 is 0. The van der Waals surface area contributed by atoms with Gasteiger partial charge in [0.25, 0.3) is 0 Å². The first kappa shape index (κ1) is 28.4. The lowest BCUT2D eigenvalue weighted by Gasteiger charge is -2.34. The second kappa shape index (κ2) is 12.6. The van der Waals surface area contributed by atoms with Gasteiger partial charge < -0.3 is 15.5 Å². The molecule has 2 amide bonds. The van der Waals surface area contributed by atoms with Crippen molar-refractivity contribution >= 4 is 23.4 Å². The number of anilines is 3. The normalized spacial score (nSPS) is 16.0. The number of piperazine rings is 1. The van der Waals surface area contributed by atoms with Gasteiger partial charge in [-0.2, -0.15) is 13.2 Å². The number of pyridine rings is 2. The maximum Gasteiger partial charge on any atom is 0.416 e. The van der Waals surface area contributed by atoms with Gasteiger partial charge in [-0.25, -0.2) is 14.8 Å². The van der Waals surface area contributed by atoms with Crippen LogP contribution in [0.25, 0.3) is 0 Å². The number of aromatic nitrogens is 2. The maximum atomic E-state index is 13.9. The fraction of sp³-hybridized carbons (Fsp3) is 0.367. The topological polar surface area (TPSA) is 85.4 Å². The summed E-state index contributed by atoms with van der Waals surface area (Å²) in [7, 11) is 0. The van der Waals surface area contributed by atoms with Gasteiger partial charge in [-0.3, -0.25) is 10.2 Å². The fourth-order valence-electron chi connectivity index (χ4n) is 4.55. The molecule has 0 radical (unpaired) electrons. The van der Waals surface area contributed by atoms with Crippen molar-refractivity contribution in [2.45, 2.75) is 38.5 Å². The van der Waals surface area contributed by atoms with Crippen LogP contribution in [0, 0.1) is 11.8 Å². The molecule has 0 spiro atoms. The number of carbonyl (C=O) groups excluding carboxylic acids is 1. The summed E-state index contributed by atoms with van der Waals surface area (Å²) in [5.41, 5.74) is 0.818. The summed E-state index contributed by atoms with van der Waals surface area (Å²) in [6.07, 6.45) is 0.970. The van der Waals surface area contributed by atoms with Gasteiger partial charge in [-0.05, 0) is 61.3 Å². The minimum Gasteiger partial charge on any atom is -0.367 e. The largest absolute Gasteiger partial charge is 0.416 e. The first-order valence-corrected chi connectivity index (χ1v) is 13.7. The van der Waals surface area contributed by atoms with Crippen molar-refractivity contribution in [1.82, 2.24) is 19.8 Å². The zero-order chi connectivity index (χ0) is 28.8. The van der Waals surface area contributed by atoms with Crippen LogP contribution in [0.15, 0.2) is 54.9 Å². The van der Waals surface area contributed by atoms with Gasteiger partial charge >= 0.3 is 12.2 Å². The van der Waals surface area contributed by atoms with Crippen molar-refractivity contribution in [2.75, 3.05) is 48.7 Å². The average molecular weight is 564 g/mol. The number of halogens is 3. The predicted molar refractivity (Wildman–Crippen MR) is 153 cm³/mol. The lowest BCUT2D eigenvalue weighted by Crippen LogP contribution is -2.45. The summed E-state index contributed by atoms with van der Waals surface area (Å²) in [6.45, 7) is 6.31. The zero-order valence-electron chi connectivity index (χ0n) is 22.8. The van der Waals surface area contributed by atoms with Gasteiger partial charge in [0.15, 0.2) is 0 Å². The van der Waals surface area contributed by atoms with Crippen LogP contribution < -0.4 is 16.0 Å². The molecule has 1 aromatic carbocycles. The Hall–Kier alpha value is -4.14. The molecule has 3 heterocycles. The Labute approximate surface area is 237 Å². The number of nitrogens with zero attached hydrogens (tertiary/aromatic N) is 4. The highest BCUT2D eigenvalue weighted by Crippen LogP contribution is 2.34. The van der Waals surface area contributed by atoms with E-state index in [0.717, 1.165) is 49.9 Å². The van der Waals surface area contributed by atoms with E-state index in [1.807, 2.05) is 17.0 Å². The number of hydrogen-bond donors (Lipinski definition) is 3. The van der Waals surface area contributed by atoms with Crippen LogP contribution in [-0.2, 0) is 12.7 Å². The second-order valence-corrected chi connectivity index (χ2v) is 10.2. The van der Waals surface area contributed by atoms with E-state index in [0.29, 0.717) is 24.7 Å². The minimum absolute atomic E-state index is 0.0393. The lowest BCUT2D eigenvalue weighted by atomic mass is 10.0. The summed E-state index contributed by atoms with van der Waals surface area (Å²) in [4.78, 5) is 25.4. The van der Waals surface area contributed by atoms with Gasteiger partial charge in [0.2, 0.25) is 0 Å². The summed E-state index contributed by atoms with van der Waals surface area (Å²) in [5.74, 6) is 7.08. The molecule has 11 heteroatoms. The van der Waals surface area contributed by atoms with E-state index in [2.05, 4.69) is 49.6 Å². The fourth-order valence-corrected chi connectivity index (χ4v) is 4.55. The van der Waals surface area contributed by atoms with E-state index in [1.165, 1.54) is 18.3 Å². The standard InChI is InChI=1S/C30H32F3N7O/c1-2-39-13-15-40(16-14-39)20-23-6-7-25(18-26(23)30(31,32)33)37-29(41)38-28-17-21(11-12-34-28)3-4-22-5-10-27(35-19-22)36-24-8-9-24/h5-7,10-12,17-19,24H,2,8-9,13-16,20H2,1H3,(H,35,36)(H2,34,37,38,41). The van der Waals surface area contributed by atoms with E-state index in [-0.39, 0.29) is 23.6 Å². The van der Waals surface area contributed by atoms with Crippen LogP contribution >= 0.6 is 0 Å². The molecule has 0 unspecified atom stereocenters. The third-order valence-corrected chi connectivity index (χ3v) is 7.02. The molecule has 3 N–H and O–H groups in total. The Morgan fingerprint density at radius 3 is 2.37 bits per heavy atom. The van der Waals surface area contributed by atoms with Crippen molar-refractivity contribution in [2.24, 2.45) is 0 Å². The quantitative estimate of drug-likeness (QED) is 0.341. The summed E-state index contributed by atoms with van der Waals surface area (Å²) < 4.78 is 41.7. The van der Waals surface area contributed by atoms with Crippen molar-refractivity contribution in [1.29, 1.82) is 0 Å². The predicted octanol–water partition coefficient (Wildman–Crippen LogP) is 5.25. The number of urea groups is 1. The maximum absolute atomic E-state index is 13.9. The molecular weight excluding hydrogens is 531 g/mol. The lowest BCUT2D eigenvalue weighted by molar-refractivity contribution is -0.138. The number of likely N-dealkylation sites (N-methyl/N-ethyl adjacent to an activating group) is 1. The second-order valence-electron chi connectivity index (χ2n) is 10.2. The highest BCUT2D eigenvalue weighted by Gasteiger charge is 2.34. The monoisotopic (exact) mass is 563 g/mol. The van der Waals surface area contributed by atoms with Crippen LogP contribution in [0.4, 0.5) is 35.3 Å². The molecule has 3 aromatic rings. The Kier molecular flexibility index (Phi) is 8.71. The molecule has 1 aliphatic carbocycles. The number of amides is 2. The molecule has 2 fully saturated rings. The van der Waals surface area contributed by atoms with E-state index >= 15 is 0 Å². The highest BCUT2D eigenvalue weighted by atomic mass is 19.4. The number of carbonyl (C=O) groups is 1. The van der Waals surface area contributed by atoms with Gasteiger partial charge in [0, 0.05) is 68.0 Å². The third-order valence-electron chi connectivity index (χ3n) is 7.02. The molecule has 214 valence electrons. The molecular formula is C30H32F3N7O. The molecule has 1 saturated heterocycles. The minimum atomic E-state index is -4.55. The Bertz CT molecular complexity index is 1420. The van der Waals surface area contributed by atoms with E-state index < -0.39 is 17.8 Å². The number of rotatable bonds is 7. The van der Waals surface area contributed by atoms with E-state index in [1.54, 1.807) is 18.3 Å². The molecule has 41 heavy (non-hydrogen) atoms. The van der Waals surface area contributed by atoms with Crippen molar-refractivity contribution in [3.8, 4) is 11.8 Å². The van der Waals surface area contributed by atoms with Gasteiger partial charge in [-0.15, -0.1) is 0 Å². The Morgan fingerprint density at radius 1 is 0.927 bits per heavy atom. The van der Waals surface area contributed by atoms with Crippen molar-refractivity contribution in [3.63, 3.8) is 0 Å². The molecule has 5 rings (SSSR count). The van der Waals surface area contributed by atoms with Crippen LogP contribution in [0.5, 0.6) is 0 Å². The first-order valence-electron chi connectivity index (χ1n) is 13.7. The third kappa shape index (κ3) is 8.19. The van der Waals surface area contributed by atoms with Crippen LogP contribution in [-0.4, -0.2) is 64.6 Å². The Balaban J connectivity index is 1.20. The average Bonchev–Trinajstić information content (AvgIpc) is 3.77. The molecule has 2 aliphatic rings. The van der Waals surface area contributed by atoms with E-state index in [9.17, 15) is 18.0 Å². The van der Waals surface area contributed by atoms with Crippen molar-refractivity contribution < 1.29 is 18.0 Å². The van der Waals surface area contributed by atoms with Crippen molar-refractivity contribution in [3.05, 3.63) is 77.1 Å². The smallest absolute Gasteiger partial charge is 0.367 e. The van der Waals surface area contributed by atoms with Gasteiger partial charge in [0.1, 0.15) is 11.6 Å². The summed E-state index contributed by atoms with van der Waals surface area (Å²) in [6, 6.07) is 10.8. The zero-order valence-corrected chi connectivity index (χ0v) is 22.8. The summed E-state index contributed by atoms with van der Waals surface area (Å²) in [5, 5.41) is 8.37. The van der Waals surface area contributed by atoms with Gasteiger partial charge in [-0.1, -0.05) is 24.8 Å². The SMILES string of the molecule is CCN1CCN(Cc2ccc(NC(=O)Nc3cc(C#Cc4ccc(NC5CC5)nc4)ccn3)cc2C(F)(F)F)CC1. The van der Waals surface area contributed by atoms with Crippen LogP contribution in [0.2, 0.25) is 0 Å². The first-order chi connectivity index (χ1) is 19.7. The van der Waals surface area contributed by atoms with Gasteiger partial charge in [0.05, 0.1) is 5.56 Å². The van der Waals surface area contributed by atoms with Crippen LogP contribution in [0.1, 0.15) is 42.0 Å². The molecule has 0 bridgehead atoms. The van der Waals surface area contributed by atoms with E-state index in [4.69, 9.17) is 0 Å². The molecule has 8 nitrogen and oxygen atoms in total. The number of benzene rings is 1. The molecule has 1 aliphatic heterocycles. The molecule has 0 atom stereocenters. The van der Waals surface area contributed by atoms with Crippen LogP contribution in [0.3, 0.4) is 0 Å². The highest BCUT2D eigenvalue weighted by molar-refractivity contribution is 5.99.